The van der Waals surface area contributed by atoms with Gasteiger partial charge in [-0.15, -0.1) is 0 Å². The van der Waals surface area contributed by atoms with Gasteiger partial charge in [-0.05, 0) is 29.8 Å². The second kappa shape index (κ2) is 8.29. The SMILES string of the molecule is O=C1/C(=C\N2CCN(Cc3ccc4c(c3)OCO4)CC2)SC(=S)N1c1ccccc1. The number of carbonyl (C=O) groups is 1. The molecule has 0 saturated carbocycles. The Morgan fingerprint density at radius 1 is 1.00 bits per heavy atom. The maximum absolute atomic E-state index is 12.9. The monoisotopic (exact) mass is 439 g/mol. The van der Waals surface area contributed by atoms with Crippen LogP contribution in [0.15, 0.2) is 59.6 Å². The van der Waals surface area contributed by atoms with Crippen molar-refractivity contribution < 1.29 is 14.3 Å². The van der Waals surface area contributed by atoms with Crippen molar-refractivity contribution in [1.29, 1.82) is 0 Å². The van der Waals surface area contributed by atoms with Gasteiger partial charge in [0.1, 0.15) is 0 Å². The Labute approximate surface area is 185 Å². The Morgan fingerprint density at radius 2 is 1.77 bits per heavy atom. The highest BCUT2D eigenvalue weighted by atomic mass is 32.2. The molecule has 3 heterocycles. The molecule has 1 amide bonds. The van der Waals surface area contributed by atoms with Crippen LogP contribution in [0.4, 0.5) is 5.69 Å². The summed E-state index contributed by atoms with van der Waals surface area (Å²) in [5.41, 5.74) is 2.04. The number of anilines is 1. The van der Waals surface area contributed by atoms with Crippen LogP contribution in [-0.2, 0) is 11.3 Å². The molecule has 0 aliphatic carbocycles. The van der Waals surface area contributed by atoms with Crippen LogP contribution >= 0.6 is 24.0 Å². The molecule has 0 aromatic heterocycles. The maximum Gasteiger partial charge on any atom is 0.272 e. The third-order valence-electron chi connectivity index (χ3n) is 5.36. The first kappa shape index (κ1) is 19.4. The van der Waals surface area contributed by atoms with Gasteiger partial charge in [0.05, 0.1) is 10.6 Å². The summed E-state index contributed by atoms with van der Waals surface area (Å²) in [6.45, 7) is 4.79. The molecule has 30 heavy (non-hydrogen) atoms. The number of carbonyl (C=O) groups excluding carboxylic acids is 1. The van der Waals surface area contributed by atoms with Gasteiger partial charge in [0.15, 0.2) is 15.8 Å². The average Bonchev–Trinajstić information content (AvgIpc) is 3.34. The smallest absolute Gasteiger partial charge is 0.272 e. The van der Waals surface area contributed by atoms with Gasteiger partial charge in [-0.25, -0.2) is 0 Å². The van der Waals surface area contributed by atoms with Crippen LogP contribution in [0.3, 0.4) is 0 Å². The molecule has 0 spiro atoms. The minimum absolute atomic E-state index is 0.0426. The summed E-state index contributed by atoms with van der Waals surface area (Å²) in [6, 6.07) is 15.7. The van der Waals surface area contributed by atoms with Gasteiger partial charge in [0, 0.05) is 38.9 Å². The molecule has 2 aromatic rings. The molecule has 0 radical (unpaired) electrons. The van der Waals surface area contributed by atoms with Crippen molar-refractivity contribution in [3.8, 4) is 11.5 Å². The van der Waals surface area contributed by atoms with Crippen LogP contribution < -0.4 is 14.4 Å². The van der Waals surface area contributed by atoms with Gasteiger partial charge < -0.3 is 14.4 Å². The highest BCUT2D eigenvalue weighted by molar-refractivity contribution is 8.27. The fourth-order valence-electron chi connectivity index (χ4n) is 3.77. The van der Waals surface area contributed by atoms with Crippen LogP contribution in [-0.4, -0.2) is 53.0 Å². The van der Waals surface area contributed by atoms with E-state index in [0.29, 0.717) is 16.0 Å². The molecule has 0 bridgehead atoms. The highest BCUT2D eigenvalue weighted by Crippen LogP contribution is 2.35. The molecule has 3 aliphatic rings. The van der Waals surface area contributed by atoms with Crippen molar-refractivity contribution in [2.45, 2.75) is 6.54 Å². The molecule has 154 valence electrons. The highest BCUT2D eigenvalue weighted by Gasteiger charge is 2.34. The normalized spacial score (nSPS) is 20.5. The van der Waals surface area contributed by atoms with E-state index >= 15 is 0 Å². The summed E-state index contributed by atoms with van der Waals surface area (Å²) >= 11 is 6.82. The molecule has 8 heteroatoms. The van der Waals surface area contributed by atoms with Gasteiger partial charge in [-0.1, -0.05) is 48.2 Å². The zero-order chi connectivity index (χ0) is 20.5. The van der Waals surface area contributed by atoms with E-state index in [1.165, 1.54) is 17.3 Å². The first-order valence-corrected chi connectivity index (χ1v) is 11.1. The molecule has 6 nitrogen and oxygen atoms in total. The number of thiocarbonyl (C=S) groups is 1. The minimum atomic E-state index is -0.0426. The lowest BCUT2D eigenvalue weighted by molar-refractivity contribution is -0.113. The predicted molar refractivity (Wildman–Crippen MR) is 122 cm³/mol. The van der Waals surface area contributed by atoms with Gasteiger partial charge in [-0.2, -0.15) is 0 Å². The second-order valence-electron chi connectivity index (χ2n) is 7.34. The summed E-state index contributed by atoms with van der Waals surface area (Å²) in [4.78, 5) is 19.8. The Hall–Kier alpha value is -2.55. The second-order valence-corrected chi connectivity index (χ2v) is 9.01. The molecule has 5 rings (SSSR count). The summed E-state index contributed by atoms with van der Waals surface area (Å²) in [5, 5.41) is 0. The summed E-state index contributed by atoms with van der Waals surface area (Å²) in [5.74, 6) is 1.60. The number of rotatable bonds is 4. The summed E-state index contributed by atoms with van der Waals surface area (Å²) in [6.07, 6.45) is 1.97. The van der Waals surface area contributed by atoms with E-state index in [2.05, 4.69) is 21.9 Å². The Balaban J connectivity index is 1.19. The average molecular weight is 440 g/mol. The molecule has 0 atom stereocenters. The summed E-state index contributed by atoms with van der Waals surface area (Å²) in [7, 11) is 0. The van der Waals surface area contributed by atoms with Gasteiger partial charge in [-0.3, -0.25) is 14.6 Å². The van der Waals surface area contributed by atoms with E-state index in [1.54, 1.807) is 4.90 Å². The number of amides is 1. The van der Waals surface area contributed by atoms with Gasteiger partial charge in [0.25, 0.3) is 5.91 Å². The minimum Gasteiger partial charge on any atom is -0.454 e. The van der Waals surface area contributed by atoms with Gasteiger partial charge in [0.2, 0.25) is 6.79 Å². The number of fused-ring (bicyclic) bond motifs is 1. The fourth-order valence-corrected chi connectivity index (χ4v) is 5.08. The van der Waals surface area contributed by atoms with Crippen LogP contribution in [0, 0.1) is 0 Å². The number of hydrogen-bond donors (Lipinski definition) is 0. The maximum atomic E-state index is 12.9. The molecule has 2 saturated heterocycles. The number of nitrogens with zero attached hydrogens (tertiary/aromatic N) is 3. The standard InChI is InChI=1S/C22H21N3O3S2/c26-21-20(30-22(29)25(21)17-4-2-1-3-5-17)14-24-10-8-23(9-11-24)13-16-6-7-18-19(12-16)28-15-27-18/h1-7,12,14H,8-11,13,15H2/b20-14+. The molecule has 0 unspecified atom stereocenters. The molecular formula is C22H21N3O3S2. The van der Waals surface area contributed by atoms with Crippen LogP contribution in [0.25, 0.3) is 0 Å². The lowest BCUT2D eigenvalue weighted by atomic mass is 10.1. The predicted octanol–water partition coefficient (Wildman–Crippen LogP) is 3.44. The Morgan fingerprint density at radius 3 is 2.57 bits per heavy atom. The van der Waals surface area contributed by atoms with Crippen molar-refractivity contribution in [3.05, 3.63) is 65.2 Å². The van der Waals surface area contributed by atoms with E-state index in [1.807, 2.05) is 42.6 Å². The van der Waals surface area contributed by atoms with E-state index in [-0.39, 0.29) is 5.91 Å². The molecular weight excluding hydrogens is 418 g/mol. The van der Waals surface area contributed by atoms with Gasteiger partial charge >= 0.3 is 0 Å². The number of benzene rings is 2. The fraction of sp³-hybridized carbons (Fsp3) is 0.273. The van der Waals surface area contributed by atoms with Crippen molar-refractivity contribution >= 4 is 39.9 Å². The van der Waals surface area contributed by atoms with E-state index < -0.39 is 0 Å². The Bertz CT molecular complexity index is 1000. The zero-order valence-electron chi connectivity index (χ0n) is 16.3. The van der Waals surface area contributed by atoms with Crippen molar-refractivity contribution in [2.75, 3.05) is 37.9 Å². The Kier molecular flexibility index (Phi) is 5.37. The molecule has 3 aliphatic heterocycles. The van der Waals surface area contributed by atoms with E-state index in [9.17, 15) is 4.79 Å². The first-order chi connectivity index (χ1) is 14.7. The molecule has 2 fully saturated rings. The number of hydrogen-bond acceptors (Lipinski definition) is 7. The zero-order valence-corrected chi connectivity index (χ0v) is 18.0. The first-order valence-electron chi connectivity index (χ1n) is 9.85. The lowest BCUT2D eigenvalue weighted by Gasteiger charge is -2.34. The number of piperazine rings is 1. The third kappa shape index (κ3) is 3.90. The van der Waals surface area contributed by atoms with Crippen molar-refractivity contribution in [2.24, 2.45) is 0 Å². The van der Waals surface area contributed by atoms with E-state index in [4.69, 9.17) is 21.7 Å². The van der Waals surface area contributed by atoms with Crippen molar-refractivity contribution in [1.82, 2.24) is 9.80 Å². The topological polar surface area (TPSA) is 45.3 Å². The largest absolute Gasteiger partial charge is 0.454 e. The van der Waals surface area contributed by atoms with E-state index in [0.717, 1.165) is 49.9 Å². The third-order valence-corrected chi connectivity index (χ3v) is 6.65. The number of thioether (sulfide) groups is 1. The van der Waals surface area contributed by atoms with Crippen LogP contribution in [0.5, 0.6) is 11.5 Å². The van der Waals surface area contributed by atoms with Crippen LogP contribution in [0.2, 0.25) is 0 Å². The quantitative estimate of drug-likeness (QED) is 0.534. The summed E-state index contributed by atoms with van der Waals surface area (Å²) < 4.78 is 11.4. The van der Waals surface area contributed by atoms with Crippen LogP contribution in [0.1, 0.15) is 5.56 Å². The lowest BCUT2D eigenvalue weighted by Crippen LogP contribution is -2.43. The number of ether oxygens (including phenoxy) is 2. The number of para-hydroxylation sites is 1. The van der Waals surface area contributed by atoms with Crippen molar-refractivity contribution in [3.63, 3.8) is 0 Å². The molecule has 2 aromatic carbocycles. The molecule has 0 N–H and O–H groups in total.